The van der Waals surface area contributed by atoms with Crippen LogP contribution in [-0.4, -0.2) is 52.5 Å². The first-order valence-electron chi connectivity index (χ1n) is 12.6. The third-order valence-corrected chi connectivity index (χ3v) is 7.39. The molecule has 1 aliphatic heterocycles. The molecule has 0 saturated carbocycles. The summed E-state index contributed by atoms with van der Waals surface area (Å²) in [5.74, 6) is -3.14. The molecule has 1 N–H and O–H groups in total. The number of nitrogens with zero attached hydrogens (tertiary/aromatic N) is 2. The molecule has 0 aromatic heterocycles. The predicted octanol–water partition coefficient (Wildman–Crippen LogP) is 6.09. The molecule has 220 valence electrons. The van der Waals surface area contributed by atoms with Gasteiger partial charge in [0.2, 0.25) is 5.91 Å². The third kappa shape index (κ3) is 6.76. The Morgan fingerprint density at radius 1 is 1.00 bits per heavy atom. The van der Waals surface area contributed by atoms with Crippen LogP contribution in [0.4, 0.5) is 30.7 Å². The number of piperidine rings is 1. The van der Waals surface area contributed by atoms with E-state index in [1.165, 1.54) is 50.9 Å². The lowest BCUT2D eigenvalue weighted by molar-refractivity contribution is -0.152. The van der Waals surface area contributed by atoms with E-state index in [1.54, 1.807) is 6.92 Å². The highest BCUT2D eigenvalue weighted by molar-refractivity contribution is 5.85. The number of benzene rings is 2. The van der Waals surface area contributed by atoms with Gasteiger partial charge >= 0.3 is 12.4 Å². The predicted molar refractivity (Wildman–Crippen MR) is 132 cm³/mol. The van der Waals surface area contributed by atoms with Crippen molar-refractivity contribution in [2.45, 2.75) is 64.0 Å². The quantitative estimate of drug-likeness (QED) is 0.438. The average molecular weight is 577 g/mol. The monoisotopic (exact) mass is 576 g/mol. The molecule has 1 heterocycles. The van der Waals surface area contributed by atoms with Crippen molar-refractivity contribution in [3.63, 3.8) is 0 Å². The van der Waals surface area contributed by atoms with E-state index in [0.29, 0.717) is 23.3 Å². The van der Waals surface area contributed by atoms with E-state index in [0.717, 1.165) is 4.90 Å². The van der Waals surface area contributed by atoms with Crippen molar-refractivity contribution in [1.29, 1.82) is 0 Å². The highest BCUT2D eigenvalue weighted by Crippen LogP contribution is 2.40. The van der Waals surface area contributed by atoms with E-state index in [2.05, 4.69) is 0 Å². The fraction of sp³-hybridized carbons (Fsp3) is 0.500. The number of likely N-dealkylation sites (tertiary alicyclic amines) is 1. The van der Waals surface area contributed by atoms with Gasteiger partial charge in [-0.25, -0.2) is 4.39 Å². The first-order valence-corrected chi connectivity index (χ1v) is 12.6. The van der Waals surface area contributed by atoms with E-state index < -0.39 is 64.6 Å². The van der Waals surface area contributed by atoms with Crippen LogP contribution in [0.25, 0.3) is 0 Å². The molecule has 2 aromatic carbocycles. The molecule has 0 unspecified atom stereocenters. The summed E-state index contributed by atoms with van der Waals surface area (Å²) in [6, 6.07) is 4.00. The number of carbonyl (C=O) groups excluding carboxylic acids is 2. The van der Waals surface area contributed by atoms with E-state index in [9.17, 15) is 45.4 Å². The number of aryl methyl sites for hydroxylation is 1. The Hall–Kier alpha value is -3.15. The Morgan fingerprint density at radius 3 is 2.02 bits per heavy atom. The highest BCUT2D eigenvalue weighted by Gasteiger charge is 2.42. The van der Waals surface area contributed by atoms with Gasteiger partial charge in [-0.1, -0.05) is 6.07 Å². The SMILES string of the molecule is Cc1cc(F)ccc1[C@H]1CN(C(=O)C(C)(C)O)CC[C@@H]1C(=O)N(C)[C@@H](C)c1cc(C(F)(F)F)cc(C(F)(F)F)c1. The Balaban J connectivity index is 2.00. The number of rotatable bonds is 5. The normalized spacial score (nSPS) is 19.4. The van der Waals surface area contributed by atoms with Gasteiger partial charge in [0, 0.05) is 32.0 Å². The topological polar surface area (TPSA) is 60.9 Å². The molecule has 3 atom stereocenters. The van der Waals surface area contributed by atoms with Crippen LogP contribution in [0.1, 0.15) is 67.0 Å². The van der Waals surface area contributed by atoms with Gasteiger partial charge in [-0.3, -0.25) is 9.59 Å². The minimum absolute atomic E-state index is 0.00426. The summed E-state index contributed by atoms with van der Waals surface area (Å²) in [6.07, 6.45) is -9.97. The van der Waals surface area contributed by atoms with Crippen LogP contribution in [0.15, 0.2) is 36.4 Å². The van der Waals surface area contributed by atoms with E-state index in [-0.39, 0.29) is 31.1 Å². The van der Waals surface area contributed by atoms with Gasteiger partial charge in [0.1, 0.15) is 11.4 Å². The van der Waals surface area contributed by atoms with Crippen LogP contribution >= 0.6 is 0 Å². The number of alkyl halides is 6. The summed E-state index contributed by atoms with van der Waals surface area (Å²) in [6.45, 7) is 5.69. The fourth-order valence-electron chi connectivity index (χ4n) is 5.09. The molecule has 1 fully saturated rings. The Bertz CT molecular complexity index is 1240. The standard InChI is InChI=1S/C28H31F7N2O3/c1-15-10-20(29)6-7-21(15)23-14-37(25(39)26(3,4)40)9-8-22(23)24(38)36(5)16(2)17-11-18(27(30,31)32)13-19(12-17)28(33,34)35/h6-7,10-13,16,22-23,40H,8-9,14H2,1-5H3/t16-,22-,23+/m0/s1. The summed E-state index contributed by atoms with van der Waals surface area (Å²) in [7, 11) is 1.30. The minimum Gasteiger partial charge on any atom is -0.381 e. The fourth-order valence-corrected chi connectivity index (χ4v) is 5.09. The van der Waals surface area contributed by atoms with Gasteiger partial charge in [-0.2, -0.15) is 26.3 Å². The zero-order valence-electron chi connectivity index (χ0n) is 22.6. The molecule has 1 saturated heterocycles. The van der Waals surface area contributed by atoms with E-state index in [4.69, 9.17) is 0 Å². The largest absolute Gasteiger partial charge is 0.416 e. The molecule has 3 rings (SSSR count). The molecule has 0 spiro atoms. The molecular weight excluding hydrogens is 545 g/mol. The van der Waals surface area contributed by atoms with Crippen molar-refractivity contribution in [3.05, 3.63) is 70.0 Å². The molecule has 0 aliphatic carbocycles. The van der Waals surface area contributed by atoms with Gasteiger partial charge < -0.3 is 14.9 Å². The molecule has 0 radical (unpaired) electrons. The zero-order valence-corrected chi connectivity index (χ0v) is 22.6. The smallest absolute Gasteiger partial charge is 0.381 e. The summed E-state index contributed by atoms with van der Waals surface area (Å²) >= 11 is 0. The van der Waals surface area contributed by atoms with Gasteiger partial charge in [-0.05, 0) is 81.1 Å². The number of carbonyl (C=O) groups is 2. The van der Waals surface area contributed by atoms with Crippen molar-refractivity contribution >= 4 is 11.8 Å². The first kappa shape index (κ1) is 31.4. The zero-order chi connectivity index (χ0) is 30.4. The lowest BCUT2D eigenvalue weighted by atomic mass is 9.77. The number of halogens is 7. The van der Waals surface area contributed by atoms with Gasteiger partial charge in [0.15, 0.2) is 0 Å². The number of hydrogen-bond acceptors (Lipinski definition) is 3. The Labute approximate surface area is 227 Å². The summed E-state index contributed by atoms with van der Waals surface area (Å²) in [5, 5.41) is 10.2. The number of aliphatic hydroxyl groups is 1. The molecule has 2 aromatic rings. The van der Waals surface area contributed by atoms with Gasteiger partial charge in [0.05, 0.1) is 17.2 Å². The van der Waals surface area contributed by atoms with Crippen molar-refractivity contribution in [1.82, 2.24) is 9.80 Å². The summed E-state index contributed by atoms with van der Waals surface area (Å²) in [4.78, 5) is 29.1. The van der Waals surface area contributed by atoms with Crippen LogP contribution < -0.4 is 0 Å². The second-order valence-electron chi connectivity index (χ2n) is 10.8. The number of hydrogen-bond donors (Lipinski definition) is 1. The van der Waals surface area contributed by atoms with Crippen molar-refractivity contribution < 1.29 is 45.4 Å². The number of amides is 2. The first-order chi connectivity index (χ1) is 18.2. The molecule has 40 heavy (non-hydrogen) atoms. The minimum atomic E-state index is -5.04. The van der Waals surface area contributed by atoms with Crippen LogP contribution in [0, 0.1) is 18.7 Å². The Morgan fingerprint density at radius 2 is 1.55 bits per heavy atom. The molecular formula is C28H31F7N2O3. The second kappa shape index (κ2) is 11.0. The van der Waals surface area contributed by atoms with Crippen LogP contribution in [0.3, 0.4) is 0 Å². The maximum atomic E-state index is 13.9. The van der Waals surface area contributed by atoms with Gasteiger partial charge in [0.25, 0.3) is 5.91 Å². The van der Waals surface area contributed by atoms with Crippen LogP contribution in [0.5, 0.6) is 0 Å². The maximum absolute atomic E-state index is 13.9. The van der Waals surface area contributed by atoms with Gasteiger partial charge in [-0.15, -0.1) is 0 Å². The lowest BCUT2D eigenvalue weighted by Crippen LogP contribution is -2.53. The molecule has 0 bridgehead atoms. The third-order valence-electron chi connectivity index (χ3n) is 7.39. The van der Waals surface area contributed by atoms with Crippen molar-refractivity contribution in [2.75, 3.05) is 20.1 Å². The highest BCUT2D eigenvalue weighted by atomic mass is 19.4. The maximum Gasteiger partial charge on any atom is 0.416 e. The van der Waals surface area contributed by atoms with E-state index >= 15 is 0 Å². The summed E-state index contributed by atoms with van der Waals surface area (Å²) < 4.78 is 94.4. The van der Waals surface area contributed by atoms with Crippen molar-refractivity contribution in [2.24, 2.45) is 5.92 Å². The van der Waals surface area contributed by atoms with Crippen molar-refractivity contribution in [3.8, 4) is 0 Å². The summed E-state index contributed by atoms with van der Waals surface area (Å²) in [5.41, 5.74) is -3.94. The lowest BCUT2D eigenvalue weighted by Gasteiger charge is -2.42. The van der Waals surface area contributed by atoms with E-state index in [1.807, 2.05) is 0 Å². The average Bonchev–Trinajstić information content (AvgIpc) is 2.84. The van der Waals surface area contributed by atoms with Crippen LogP contribution in [0.2, 0.25) is 0 Å². The van der Waals surface area contributed by atoms with Crippen LogP contribution in [-0.2, 0) is 21.9 Å². The molecule has 12 heteroatoms. The molecule has 1 aliphatic rings. The molecule has 2 amide bonds. The Kier molecular flexibility index (Phi) is 8.65. The molecule has 5 nitrogen and oxygen atoms in total. The second-order valence-corrected chi connectivity index (χ2v) is 10.8.